The molecule has 0 unspecified atom stereocenters. The summed E-state index contributed by atoms with van der Waals surface area (Å²) in [5.74, 6) is -0.434. The third kappa shape index (κ3) is 2.31. The highest BCUT2D eigenvalue weighted by atomic mass is 79.9. The molecule has 2 atom stereocenters. The average molecular weight is 372 g/mol. The number of amides is 2. The molecule has 0 aliphatic carbocycles. The first-order valence-electron chi connectivity index (χ1n) is 7.47. The van der Waals surface area contributed by atoms with Crippen LogP contribution in [-0.4, -0.2) is 36.0 Å². The van der Waals surface area contributed by atoms with E-state index < -0.39 is 0 Å². The van der Waals surface area contributed by atoms with Gasteiger partial charge in [0.2, 0.25) is 0 Å². The van der Waals surface area contributed by atoms with E-state index in [2.05, 4.69) is 15.9 Å². The minimum absolute atomic E-state index is 0.00492. The summed E-state index contributed by atoms with van der Waals surface area (Å²) in [5.41, 5.74) is 2.05. The predicted octanol–water partition coefficient (Wildman–Crippen LogP) is 3.23. The Labute approximate surface area is 142 Å². The molecular weight excluding hydrogens is 358 g/mol. The van der Waals surface area contributed by atoms with Gasteiger partial charge in [-0.1, -0.05) is 40.2 Å². The Morgan fingerprint density at radius 1 is 0.913 bits per heavy atom. The summed E-state index contributed by atoms with van der Waals surface area (Å²) >= 11 is 3.42. The Kier molecular flexibility index (Phi) is 3.54. The predicted molar refractivity (Wildman–Crippen MR) is 88.4 cm³/mol. The van der Waals surface area contributed by atoms with Crippen LogP contribution < -0.4 is 0 Å². The van der Waals surface area contributed by atoms with E-state index in [1.54, 1.807) is 24.3 Å². The van der Waals surface area contributed by atoms with E-state index in [0.717, 1.165) is 10.0 Å². The minimum atomic E-state index is -0.261. The molecule has 2 aromatic rings. The van der Waals surface area contributed by atoms with Crippen LogP contribution in [0.3, 0.4) is 0 Å². The Morgan fingerprint density at radius 2 is 1.52 bits per heavy atom. The molecule has 116 valence electrons. The Balaban J connectivity index is 1.69. The van der Waals surface area contributed by atoms with Crippen molar-refractivity contribution in [1.29, 1.82) is 0 Å². The first-order chi connectivity index (χ1) is 11.2. The lowest BCUT2D eigenvalue weighted by molar-refractivity contribution is 0.0558. The molecule has 1 saturated heterocycles. The van der Waals surface area contributed by atoms with Gasteiger partial charge in [-0.3, -0.25) is 14.5 Å². The summed E-state index contributed by atoms with van der Waals surface area (Å²) in [4.78, 5) is 26.7. The monoisotopic (exact) mass is 371 g/mol. The zero-order valence-corrected chi connectivity index (χ0v) is 13.8. The lowest BCUT2D eigenvalue weighted by Gasteiger charge is -2.26. The van der Waals surface area contributed by atoms with Gasteiger partial charge in [-0.05, 0) is 29.8 Å². The van der Waals surface area contributed by atoms with Crippen molar-refractivity contribution in [2.75, 3.05) is 13.2 Å². The number of rotatable bonds is 2. The molecule has 0 N–H and O–H groups in total. The number of carbonyl (C=O) groups is 2. The maximum absolute atomic E-state index is 12.7. The van der Waals surface area contributed by atoms with Gasteiger partial charge in [0.25, 0.3) is 11.8 Å². The number of nitrogens with zero attached hydrogens (tertiary/aromatic N) is 1. The van der Waals surface area contributed by atoms with Gasteiger partial charge in [0.05, 0.1) is 30.4 Å². The summed E-state index contributed by atoms with van der Waals surface area (Å²) < 4.78 is 6.60. The maximum Gasteiger partial charge on any atom is 0.261 e. The van der Waals surface area contributed by atoms with Crippen LogP contribution in [0.15, 0.2) is 53.0 Å². The fraction of sp³-hybridized carbons (Fsp3) is 0.222. The van der Waals surface area contributed by atoms with Crippen molar-refractivity contribution in [3.8, 4) is 0 Å². The molecule has 2 amide bonds. The topological polar surface area (TPSA) is 46.6 Å². The van der Waals surface area contributed by atoms with E-state index in [9.17, 15) is 9.59 Å². The zero-order chi connectivity index (χ0) is 16.0. The third-order valence-corrected chi connectivity index (χ3v) is 5.03. The summed E-state index contributed by atoms with van der Waals surface area (Å²) in [6.45, 7) is 0.895. The van der Waals surface area contributed by atoms with Crippen LogP contribution >= 0.6 is 15.9 Å². The highest BCUT2D eigenvalue weighted by molar-refractivity contribution is 9.10. The normalized spacial score (nSPS) is 23.4. The third-order valence-electron chi connectivity index (χ3n) is 4.51. The Hall–Kier alpha value is -1.98. The second-order valence-corrected chi connectivity index (χ2v) is 6.70. The van der Waals surface area contributed by atoms with Crippen molar-refractivity contribution in [2.24, 2.45) is 0 Å². The molecule has 2 aliphatic heterocycles. The summed E-state index contributed by atoms with van der Waals surface area (Å²) in [6.07, 6.45) is 0. The summed E-state index contributed by atoms with van der Waals surface area (Å²) in [5, 5.41) is 0. The van der Waals surface area contributed by atoms with Gasteiger partial charge < -0.3 is 4.74 Å². The summed E-state index contributed by atoms with van der Waals surface area (Å²) in [6, 6.07) is 14.7. The fourth-order valence-electron chi connectivity index (χ4n) is 3.33. The van der Waals surface area contributed by atoms with Crippen molar-refractivity contribution >= 4 is 27.7 Å². The van der Waals surface area contributed by atoms with E-state index >= 15 is 0 Å². The maximum atomic E-state index is 12.7. The van der Waals surface area contributed by atoms with Gasteiger partial charge >= 0.3 is 0 Å². The highest BCUT2D eigenvalue weighted by Crippen LogP contribution is 2.35. The molecular formula is C18H14BrNO3. The van der Waals surface area contributed by atoms with E-state index in [1.807, 2.05) is 24.3 Å². The molecule has 0 spiro atoms. The zero-order valence-electron chi connectivity index (χ0n) is 12.2. The van der Waals surface area contributed by atoms with Gasteiger partial charge in [-0.2, -0.15) is 0 Å². The number of hydrogen-bond acceptors (Lipinski definition) is 3. The van der Waals surface area contributed by atoms with Crippen LogP contribution in [0.4, 0.5) is 0 Å². The number of hydrogen-bond donors (Lipinski definition) is 0. The quantitative estimate of drug-likeness (QED) is 0.761. The Morgan fingerprint density at radius 3 is 2.13 bits per heavy atom. The van der Waals surface area contributed by atoms with Gasteiger partial charge in [0, 0.05) is 10.4 Å². The van der Waals surface area contributed by atoms with Crippen molar-refractivity contribution in [3.63, 3.8) is 0 Å². The molecule has 4 rings (SSSR count). The smallest absolute Gasteiger partial charge is 0.261 e. The highest BCUT2D eigenvalue weighted by Gasteiger charge is 2.45. The molecule has 1 fully saturated rings. The molecule has 0 saturated carbocycles. The SMILES string of the molecule is O=C1c2ccccc2C(=O)N1[C@H]1COC[C@@H]1c1ccc(Br)cc1. The number of ether oxygens (including phenoxy) is 1. The van der Waals surface area contributed by atoms with E-state index in [-0.39, 0.29) is 23.8 Å². The standard InChI is InChI=1S/C18H14BrNO3/c19-12-7-5-11(6-8-12)15-9-23-10-16(15)20-17(21)13-3-1-2-4-14(13)18(20)22/h1-8,15-16H,9-10H2/t15-,16+/m1/s1. The van der Waals surface area contributed by atoms with Crippen LogP contribution in [0.2, 0.25) is 0 Å². The van der Waals surface area contributed by atoms with E-state index in [4.69, 9.17) is 4.74 Å². The lowest BCUT2D eigenvalue weighted by atomic mass is 9.93. The van der Waals surface area contributed by atoms with Crippen LogP contribution in [0, 0.1) is 0 Å². The second kappa shape index (κ2) is 5.58. The molecule has 5 heteroatoms. The molecule has 0 bridgehead atoms. The molecule has 4 nitrogen and oxygen atoms in total. The molecule has 2 aromatic carbocycles. The second-order valence-electron chi connectivity index (χ2n) is 5.79. The first kappa shape index (κ1) is 14.6. The first-order valence-corrected chi connectivity index (χ1v) is 8.26. The van der Waals surface area contributed by atoms with Crippen LogP contribution in [0.25, 0.3) is 0 Å². The van der Waals surface area contributed by atoms with Crippen molar-refractivity contribution in [1.82, 2.24) is 4.90 Å². The van der Waals surface area contributed by atoms with Gasteiger partial charge in [-0.25, -0.2) is 0 Å². The van der Waals surface area contributed by atoms with Crippen LogP contribution in [0.5, 0.6) is 0 Å². The fourth-order valence-corrected chi connectivity index (χ4v) is 3.60. The van der Waals surface area contributed by atoms with E-state index in [1.165, 1.54) is 4.90 Å². The minimum Gasteiger partial charge on any atom is -0.379 e. The van der Waals surface area contributed by atoms with E-state index in [0.29, 0.717) is 24.3 Å². The average Bonchev–Trinajstić information content (AvgIpc) is 3.13. The lowest BCUT2D eigenvalue weighted by Crippen LogP contribution is -2.43. The molecule has 0 aromatic heterocycles. The van der Waals surface area contributed by atoms with Gasteiger partial charge in [0.1, 0.15) is 0 Å². The van der Waals surface area contributed by atoms with Crippen LogP contribution in [0.1, 0.15) is 32.2 Å². The number of imide groups is 1. The Bertz CT molecular complexity index is 752. The van der Waals surface area contributed by atoms with Crippen LogP contribution in [-0.2, 0) is 4.74 Å². The molecule has 23 heavy (non-hydrogen) atoms. The van der Waals surface area contributed by atoms with Gasteiger partial charge in [-0.15, -0.1) is 0 Å². The number of benzene rings is 2. The van der Waals surface area contributed by atoms with Crippen molar-refractivity contribution < 1.29 is 14.3 Å². The largest absolute Gasteiger partial charge is 0.379 e. The number of halogens is 1. The number of fused-ring (bicyclic) bond motifs is 1. The molecule has 2 heterocycles. The summed E-state index contributed by atoms with van der Waals surface area (Å²) in [7, 11) is 0. The number of carbonyl (C=O) groups excluding carboxylic acids is 2. The van der Waals surface area contributed by atoms with Gasteiger partial charge in [0.15, 0.2) is 0 Å². The molecule has 2 aliphatic rings. The molecule has 0 radical (unpaired) electrons. The van der Waals surface area contributed by atoms with Crippen molar-refractivity contribution in [3.05, 3.63) is 69.7 Å². The van der Waals surface area contributed by atoms with Crippen molar-refractivity contribution in [2.45, 2.75) is 12.0 Å².